The van der Waals surface area contributed by atoms with Crippen LogP contribution in [0.1, 0.15) is 81.1 Å². The minimum atomic E-state index is -0.375. The van der Waals surface area contributed by atoms with Gasteiger partial charge in [0.15, 0.2) is 6.29 Å². The molecule has 4 heteroatoms. The lowest BCUT2D eigenvalue weighted by Gasteiger charge is -2.37. The molecule has 2 rings (SSSR count). The van der Waals surface area contributed by atoms with E-state index in [1.165, 1.54) is 6.42 Å². The Kier molecular flexibility index (Phi) is 6.63. The van der Waals surface area contributed by atoms with Crippen molar-refractivity contribution in [3.05, 3.63) is 0 Å². The Balaban J connectivity index is 1.78. The molecule has 0 aromatic heterocycles. The first kappa shape index (κ1) is 21.1. The van der Waals surface area contributed by atoms with E-state index in [1.807, 2.05) is 6.92 Å². The summed E-state index contributed by atoms with van der Waals surface area (Å²) in [6, 6.07) is 0. The first-order chi connectivity index (χ1) is 11.4. The molecule has 1 aliphatic heterocycles. The monoisotopic (exact) mass is 356 g/mol. The molecule has 2 fully saturated rings. The summed E-state index contributed by atoms with van der Waals surface area (Å²) in [6.07, 6.45) is 3.89. The van der Waals surface area contributed by atoms with Gasteiger partial charge in [-0.25, -0.2) is 0 Å². The third kappa shape index (κ3) is 5.41. The lowest BCUT2D eigenvalue weighted by molar-refractivity contribution is -0.255. The molecule has 1 aliphatic carbocycles. The van der Waals surface area contributed by atoms with Gasteiger partial charge in [-0.2, -0.15) is 0 Å². The van der Waals surface area contributed by atoms with Gasteiger partial charge in [0.2, 0.25) is 0 Å². The fraction of sp³-hybridized carbons (Fsp3) is 1.00. The quantitative estimate of drug-likeness (QED) is 0.694. The molecule has 1 N–H and O–H groups in total. The molecule has 0 spiro atoms. The minimum Gasteiger partial charge on any atom is -0.390 e. The second-order valence-electron chi connectivity index (χ2n) is 9.66. The highest BCUT2D eigenvalue weighted by Crippen LogP contribution is 2.61. The van der Waals surface area contributed by atoms with Crippen molar-refractivity contribution in [3.8, 4) is 0 Å². The van der Waals surface area contributed by atoms with E-state index in [4.69, 9.17) is 14.2 Å². The molecule has 0 unspecified atom stereocenters. The Morgan fingerprint density at radius 1 is 1.24 bits per heavy atom. The van der Waals surface area contributed by atoms with Crippen molar-refractivity contribution in [2.75, 3.05) is 0 Å². The number of rotatable bonds is 8. The molecule has 0 radical (unpaired) electrons. The fourth-order valence-electron chi connectivity index (χ4n) is 4.57. The Hall–Kier alpha value is -0.160. The predicted molar refractivity (Wildman–Crippen MR) is 100 cm³/mol. The first-order valence-electron chi connectivity index (χ1n) is 10.1. The molecule has 148 valence electrons. The van der Waals surface area contributed by atoms with E-state index in [2.05, 4.69) is 48.5 Å². The van der Waals surface area contributed by atoms with Crippen LogP contribution in [0.3, 0.4) is 0 Å². The summed E-state index contributed by atoms with van der Waals surface area (Å²) in [4.78, 5) is 0. The van der Waals surface area contributed by atoms with Gasteiger partial charge >= 0.3 is 0 Å². The van der Waals surface area contributed by atoms with Crippen LogP contribution in [0.25, 0.3) is 0 Å². The van der Waals surface area contributed by atoms with Crippen molar-refractivity contribution in [1.29, 1.82) is 0 Å². The van der Waals surface area contributed by atoms with E-state index >= 15 is 0 Å². The second kappa shape index (κ2) is 7.84. The van der Waals surface area contributed by atoms with Crippen LogP contribution in [0.4, 0.5) is 0 Å². The number of aliphatic hydroxyl groups is 1. The second-order valence-corrected chi connectivity index (χ2v) is 9.66. The molecular weight excluding hydrogens is 316 g/mol. The zero-order valence-corrected chi connectivity index (χ0v) is 17.5. The normalized spacial score (nSPS) is 40.3. The van der Waals surface area contributed by atoms with Gasteiger partial charge in [-0.3, -0.25) is 0 Å². The highest BCUT2D eigenvalue weighted by molar-refractivity contribution is 5.07. The van der Waals surface area contributed by atoms with E-state index < -0.39 is 0 Å². The molecule has 1 saturated carbocycles. The first-order valence-corrected chi connectivity index (χ1v) is 10.1. The molecule has 4 nitrogen and oxygen atoms in total. The van der Waals surface area contributed by atoms with Gasteiger partial charge < -0.3 is 19.3 Å². The van der Waals surface area contributed by atoms with Crippen LogP contribution in [-0.4, -0.2) is 41.4 Å². The Labute approximate surface area is 154 Å². The van der Waals surface area contributed by atoms with Crippen LogP contribution in [0.5, 0.6) is 0 Å². The van der Waals surface area contributed by atoms with Gasteiger partial charge in [0.25, 0.3) is 0 Å². The predicted octanol–water partition coefficient (Wildman–Crippen LogP) is 4.53. The van der Waals surface area contributed by atoms with Gasteiger partial charge in [-0.1, -0.05) is 13.8 Å². The highest BCUT2D eigenvalue weighted by atomic mass is 16.7. The standard InChI is InChI=1S/C21H40O4/c1-13(2)25-20(6,7)18-12-21(18,8)10-9-15(4)23-19-14(3)11-17(22)16(5)24-19/h13-19,22H,9-12H2,1-8H3/t14-,15-,16+,17-,18+,19-,21-/m1/s1. The van der Waals surface area contributed by atoms with Crippen molar-refractivity contribution < 1.29 is 19.3 Å². The van der Waals surface area contributed by atoms with Crippen molar-refractivity contribution in [1.82, 2.24) is 0 Å². The molecule has 0 bridgehead atoms. The number of ether oxygens (including phenoxy) is 3. The van der Waals surface area contributed by atoms with Crippen LogP contribution < -0.4 is 0 Å². The van der Waals surface area contributed by atoms with E-state index in [-0.39, 0.29) is 42.2 Å². The molecule has 25 heavy (non-hydrogen) atoms. The molecule has 1 heterocycles. The molecule has 0 amide bonds. The Morgan fingerprint density at radius 3 is 2.48 bits per heavy atom. The van der Waals surface area contributed by atoms with Gasteiger partial charge in [-0.15, -0.1) is 0 Å². The average molecular weight is 357 g/mol. The molecule has 7 atom stereocenters. The molecule has 1 saturated heterocycles. The van der Waals surface area contributed by atoms with Gasteiger partial charge in [0, 0.05) is 5.92 Å². The number of hydrogen-bond donors (Lipinski definition) is 1. The summed E-state index contributed by atoms with van der Waals surface area (Å²) in [5.41, 5.74) is 0.304. The third-order valence-electron chi connectivity index (χ3n) is 6.19. The highest BCUT2D eigenvalue weighted by Gasteiger charge is 2.57. The summed E-state index contributed by atoms with van der Waals surface area (Å²) in [6.45, 7) is 17.2. The van der Waals surface area contributed by atoms with E-state index in [0.717, 1.165) is 19.3 Å². The zero-order valence-electron chi connectivity index (χ0n) is 17.5. The maximum absolute atomic E-state index is 9.89. The largest absolute Gasteiger partial charge is 0.390 e. The van der Waals surface area contributed by atoms with Crippen LogP contribution in [0.2, 0.25) is 0 Å². The smallest absolute Gasteiger partial charge is 0.161 e. The lowest BCUT2D eigenvalue weighted by Crippen LogP contribution is -2.44. The van der Waals surface area contributed by atoms with Crippen molar-refractivity contribution >= 4 is 0 Å². The van der Waals surface area contributed by atoms with Gasteiger partial charge in [0.05, 0.1) is 30.0 Å². The Morgan fingerprint density at radius 2 is 1.88 bits per heavy atom. The van der Waals surface area contributed by atoms with Crippen molar-refractivity contribution in [2.45, 2.75) is 117 Å². The van der Waals surface area contributed by atoms with E-state index in [9.17, 15) is 5.11 Å². The molecule has 2 aliphatic rings. The topological polar surface area (TPSA) is 47.9 Å². The van der Waals surface area contributed by atoms with Crippen molar-refractivity contribution in [2.24, 2.45) is 17.3 Å². The average Bonchev–Trinajstić information content (AvgIpc) is 3.15. The third-order valence-corrected chi connectivity index (χ3v) is 6.19. The van der Waals surface area contributed by atoms with E-state index in [1.54, 1.807) is 0 Å². The summed E-state index contributed by atoms with van der Waals surface area (Å²) < 4.78 is 18.2. The fourth-order valence-corrected chi connectivity index (χ4v) is 4.57. The van der Waals surface area contributed by atoms with Gasteiger partial charge in [-0.05, 0) is 78.6 Å². The van der Waals surface area contributed by atoms with Gasteiger partial charge in [0.1, 0.15) is 0 Å². The summed E-state index contributed by atoms with van der Waals surface area (Å²) in [5, 5.41) is 9.89. The van der Waals surface area contributed by atoms with Crippen LogP contribution in [0.15, 0.2) is 0 Å². The lowest BCUT2D eigenvalue weighted by atomic mass is 9.90. The van der Waals surface area contributed by atoms with Crippen LogP contribution >= 0.6 is 0 Å². The zero-order chi connectivity index (χ0) is 19.0. The molecular formula is C21H40O4. The summed E-state index contributed by atoms with van der Waals surface area (Å²) in [7, 11) is 0. The Bertz CT molecular complexity index is 436. The molecule has 0 aromatic carbocycles. The molecule has 0 aromatic rings. The van der Waals surface area contributed by atoms with Crippen LogP contribution in [0, 0.1) is 17.3 Å². The maximum Gasteiger partial charge on any atom is 0.161 e. The number of aliphatic hydroxyl groups excluding tert-OH is 1. The summed E-state index contributed by atoms with van der Waals surface area (Å²) >= 11 is 0. The van der Waals surface area contributed by atoms with Crippen LogP contribution in [-0.2, 0) is 14.2 Å². The SMILES string of the molecule is CC(C)OC(C)(C)[C@@H]1C[C@@]1(C)CC[C@@H](C)O[C@@H]1O[C@@H](C)[C@H](O)C[C@H]1C. The number of hydrogen-bond acceptors (Lipinski definition) is 4. The minimum absolute atomic E-state index is 0.0560. The van der Waals surface area contributed by atoms with Crippen molar-refractivity contribution in [3.63, 3.8) is 0 Å². The van der Waals surface area contributed by atoms with E-state index in [0.29, 0.717) is 11.3 Å². The summed E-state index contributed by atoms with van der Waals surface area (Å²) in [5.74, 6) is 0.853. The maximum atomic E-state index is 9.89.